The number of ether oxygens (including phenoxy) is 3. The second-order valence-electron chi connectivity index (χ2n) is 12.7. The summed E-state index contributed by atoms with van der Waals surface area (Å²) in [6.07, 6.45) is -1.90. The lowest BCUT2D eigenvalue weighted by molar-refractivity contribution is -0.244. The fourth-order valence-electron chi connectivity index (χ4n) is 7.63. The van der Waals surface area contributed by atoms with Gasteiger partial charge in [0.1, 0.15) is 6.10 Å². The summed E-state index contributed by atoms with van der Waals surface area (Å²) in [7, 11) is 0. The van der Waals surface area contributed by atoms with Crippen molar-refractivity contribution in [1.82, 2.24) is 0 Å². The molecule has 3 aliphatic carbocycles. The summed E-state index contributed by atoms with van der Waals surface area (Å²) in [6.45, 7) is 8.94. The van der Waals surface area contributed by atoms with Crippen LogP contribution in [0.3, 0.4) is 0 Å². The zero-order valence-corrected chi connectivity index (χ0v) is 23.4. The van der Waals surface area contributed by atoms with Gasteiger partial charge >= 0.3 is 11.9 Å². The van der Waals surface area contributed by atoms with Gasteiger partial charge in [-0.2, -0.15) is 0 Å². The van der Waals surface area contributed by atoms with Gasteiger partial charge < -0.3 is 24.4 Å². The maximum absolute atomic E-state index is 14.4. The first-order valence-corrected chi connectivity index (χ1v) is 14.0. The standard InChI is InChI=1S/C31H40O8/c1-17-23(39-25(34)12-11-19-9-7-6-8-10-19)15-31(36)14-21-20-16-37-22(20)13-24(33)30(21,5)28(35)27(38-18(2)32)26(17)29(31,3)4/h6-10,20-24,27,33,36H,11-16H2,1-5H3/t20-,21?,22+,23-,24-,27+,30-,31-/m0/s1. The Bertz CT molecular complexity index is 1190. The molecule has 8 heteroatoms. The van der Waals surface area contributed by atoms with Gasteiger partial charge in [-0.3, -0.25) is 14.4 Å². The molecular weight excluding hydrogens is 500 g/mol. The minimum Gasteiger partial charge on any atom is -0.458 e. The van der Waals surface area contributed by atoms with Crippen LogP contribution in [0.1, 0.15) is 65.9 Å². The number of carbonyl (C=O) groups is 3. The molecule has 1 aliphatic heterocycles. The molecule has 39 heavy (non-hydrogen) atoms. The Morgan fingerprint density at radius 1 is 1.10 bits per heavy atom. The van der Waals surface area contributed by atoms with Crippen LogP contribution in [0.5, 0.6) is 0 Å². The van der Waals surface area contributed by atoms with E-state index in [4.69, 9.17) is 14.2 Å². The predicted octanol–water partition coefficient (Wildman–Crippen LogP) is 3.32. The van der Waals surface area contributed by atoms with Crippen LogP contribution in [0.2, 0.25) is 0 Å². The molecule has 1 aromatic carbocycles. The van der Waals surface area contributed by atoms with E-state index in [0.717, 1.165) is 5.56 Å². The largest absolute Gasteiger partial charge is 0.458 e. The lowest BCUT2D eigenvalue weighted by Gasteiger charge is -2.62. The molecule has 2 bridgehead atoms. The number of esters is 2. The van der Waals surface area contributed by atoms with Crippen LogP contribution in [0, 0.1) is 22.7 Å². The van der Waals surface area contributed by atoms with Crippen LogP contribution in [0.25, 0.3) is 0 Å². The molecule has 2 saturated carbocycles. The van der Waals surface area contributed by atoms with Crippen molar-refractivity contribution in [2.75, 3.05) is 6.61 Å². The van der Waals surface area contributed by atoms with Crippen LogP contribution >= 0.6 is 0 Å². The summed E-state index contributed by atoms with van der Waals surface area (Å²) in [4.78, 5) is 39.7. The first-order chi connectivity index (χ1) is 18.3. The summed E-state index contributed by atoms with van der Waals surface area (Å²) in [5, 5.41) is 23.7. The first kappa shape index (κ1) is 28.0. The number of ketones is 1. The number of carbonyl (C=O) groups excluding carboxylic acids is 3. The Morgan fingerprint density at radius 2 is 1.79 bits per heavy atom. The highest BCUT2D eigenvalue weighted by Crippen LogP contribution is 2.61. The third-order valence-corrected chi connectivity index (χ3v) is 10.3. The summed E-state index contributed by atoms with van der Waals surface area (Å²) in [6, 6.07) is 9.66. The van der Waals surface area contributed by atoms with Gasteiger partial charge in [0.25, 0.3) is 0 Å². The van der Waals surface area contributed by atoms with E-state index in [0.29, 0.717) is 30.6 Å². The number of rotatable bonds is 5. The smallest absolute Gasteiger partial charge is 0.306 e. The Balaban J connectivity index is 1.55. The SMILES string of the molecule is CC(=O)O[C@H]1C(=O)[C@@]2(C)C(C[C@]3(O)C[C@H](OC(=O)CCc4ccccc4)C(C)=C1C3(C)C)[C@@H]1CO[C@@H]1C[C@@H]2O. The maximum atomic E-state index is 14.4. The molecule has 1 saturated heterocycles. The van der Waals surface area contributed by atoms with Crippen LogP contribution < -0.4 is 0 Å². The van der Waals surface area contributed by atoms with Crippen molar-refractivity contribution in [1.29, 1.82) is 0 Å². The highest BCUT2D eigenvalue weighted by molar-refractivity contribution is 5.94. The quantitative estimate of drug-likeness (QED) is 0.431. The lowest BCUT2D eigenvalue weighted by atomic mass is 9.47. The van der Waals surface area contributed by atoms with Crippen LogP contribution in [0.15, 0.2) is 41.5 Å². The molecule has 1 unspecified atom stereocenters. The van der Waals surface area contributed by atoms with E-state index in [2.05, 4.69) is 0 Å². The molecule has 0 aromatic heterocycles. The highest BCUT2D eigenvalue weighted by Gasteiger charge is 2.67. The van der Waals surface area contributed by atoms with E-state index in [1.807, 2.05) is 44.2 Å². The number of hydrogen-bond acceptors (Lipinski definition) is 8. The first-order valence-electron chi connectivity index (χ1n) is 14.0. The Kier molecular flexibility index (Phi) is 7.05. The van der Waals surface area contributed by atoms with Crippen LogP contribution in [0.4, 0.5) is 0 Å². The average molecular weight is 541 g/mol. The van der Waals surface area contributed by atoms with Crippen LogP contribution in [-0.4, -0.2) is 64.6 Å². The van der Waals surface area contributed by atoms with Crippen molar-refractivity contribution < 1.29 is 38.8 Å². The molecule has 2 N–H and O–H groups in total. The lowest BCUT2D eigenvalue weighted by Crippen LogP contribution is -2.69. The Hall–Kier alpha value is -2.55. The van der Waals surface area contributed by atoms with Gasteiger partial charge in [0.2, 0.25) is 0 Å². The number of aliphatic hydroxyl groups excluding tert-OH is 1. The fraction of sp³-hybridized carbons (Fsp3) is 0.645. The summed E-state index contributed by atoms with van der Waals surface area (Å²) in [5.74, 6) is -1.82. The molecule has 4 aliphatic rings. The van der Waals surface area contributed by atoms with Crippen molar-refractivity contribution >= 4 is 17.7 Å². The fourth-order valence-corrected chi connectivity index (χ4v) is 7.63. The maximum Gasteiger partial charge on any atom is 0.306 e. The molecular formula is C31H40O8. The zero-order chi connectivity index (χ0) is 28.3. The summed E-state index contributed by atoms with van der Waals surface area (Å²) >= 11 is 0. The number of aryl methyl sites for hydroxylation is 1. The molecule has 0 spiro atoms. The number of Topliss-reactive ketones (excluding diaryl/α,β-unsaturated/α-hetero) is 1. The molecule has 8 atom stereocenters. The van der Waals surface area contributed by atoms with Crippen molar-refractivity contribution in [3.8, 4) is 0 Å². The Morgan fingerprint density at radius 3 is 2.41 bits per heavy atom. The molecule has 3 fully saturated rings. The zero-order valence-electron chi connectivity index (χ0n) is 23.4. The molecule has 212 valence electrons. The van der Waals surface area contributed by atoms with Gasteiger partial charge in [-0.1, -0.05) is 44.2 Å². The monoisotopic (exact) mass is 540 g/mol. The minimum atomic E-state index is -1.39. The summed E-state index contributed by atoms with van der Waals surface area (Å²) < 4.78 is 17.4. The third kappa shape index (κ3) is 4.45. The van der Waals surface area contributed by atoms with E-state index in [1.165, 1.54) is 6.92 Å². The number of hydrogen-bond donors (Lipinski definition) is 2. The molecule has 1 heterocycles. The van der Waals surface area contributed by atoms with E-state index < -0.39 is 52.6 Å². The van der Waals surface area contributed by atoms with Gasteiger partial charge in [-0.25, -0.2) is 0 Å². The molecule has 8 nitrogen and oxygen atoms in total. The number of benzene rings is 1. The summed E-state index contributed by atoms with van der Waals surface area (Å²) in [5.41, 5.74) is -1.52. The average Bonchev–Trinajstić information content (AvgIpc) is 2.86. The van der Waals surface area contributed by atoms with E-state index in [-0.39, 0.29) is 37.1 Å². The highest BCUT2D eigenvalue weighted by atomic mass is 16.6. The van der Waals surface area contributed by atoms with E-state index >= 15 is 0 Å². The van der Waals surface area contributed by atoms with E-state index in [1.54, 1.807) is 13.8 Å². The van der Waals surface area contributed by atoms with Gasteiger partial charge in [0.15, 0.2) is 11.9 Å². The minimum absolute atomic E-state index is 0.0134. The van der Waals surface area contributed by atoms with Gasteiger partial charge in [0, 0.05) is 37.5 Å². The predicted molar refractivity (Wildman–Crippen MR) is 141 cm³/mol. The van der Waals surface area contributed by atoms with Crippen molar-refractivity contribution in [3.05, 3.63) is 47.0 Å². The van der Waals surface area contributed by atoms with Crippen molar-refractivity contribution in [2.24, 2.45) is 22.7 Å². The van der Waals surface area contributed by atoms with Crippen LogP contribution in [-0.2, 0) is 35.0 Å². The molecule has 0 radical (unpaired) electrons. The second kappa shape index (κ2) is 9.82. The number of aliphatic hydroxyl groups is 2. The third-order valence-electron chi connectivity index (χ3n) is 10.3. The Labute approximate surface area is 229 Å². The molecule has 5 rings (SSSR count). The van der Waals surface area contributed by atoms with Gasteiger partial charge in [-0.15, -0.1) is 0 Å². The van der Waals surface area contributed by atoms with Crippen molar-refractivity contribution in [3.63, 3.8) is 0 Å². The number of fused-ring (bicyclic) bond motifs is 5. The second-order valence-corrected chi connectivity index (χ2v) is 12.7. The topological polar surface area (TPSA) is 119 Å². The van der Waals surface area contributed by atoms with Crippen molar-refractivity contribution in [2.45, 2.75) is 96.7 Å². The van der Waals surface area contributed by atoms with E-state index in [9.17, 15) is 24.6 Å². The normalized spacial score (nSPS) is 38.9. The van der Waals surface area contributed by atoms with Gasteiger partial charge in [0.05, 0.1) is 29.8 Å². The molecule has 0 amide bonds. The molecule has 1 aromatic rings. The van der Waals surface area contributed by atoms with Gasteiger partial charge in [-0.05, 0) is 49.3 Å².